The van der Waals surface area contributed by atoms with E-state index in [2.05, 4.69) is 10.6 Å². The number of nitrogens with one attached hydrogen (secondary N) is 2. The third-order valence-electron chi connectivity index (χ3n) is 5.49. The van der Waals surface area contributed by atoms with Gasteiger partial charge in [0.25, 0.3) is 0 Å². The molecule has 0 bridgehead atoms. The standard InChI is InChI=1S/C20H26F3N3O2/c21-20(22,23)16-9-5-4-6-14(16)13-26-11-10-24-19(28)17(26)12-18(27)25-15-7-2-1-3-8-15/h4-6,9,15,17H,1-3,7-8,10-13H2,(H,24,28)(H,25,27)/t17-/m0/s1. The highest BCUT2D eigenvalue weighted by atomic mass is 19.4. The van der Waals surface area contributed by atoms with Crippen molar-refractivity contribution in [3.05, 3.63) is 35.4 Å². The SMILES string of the molecule is O=C(C[C@H]1C(=O)NCCN1Cc1ccccc1C(F)(F)F)NC1CCCCC1. The third-order valence-corrected chi connectivity index (χ3v) is 5.49. The van der Waals surface area contributed by atoms with Gasteiger partial charge < -0.3 is 10.6 Å². The summed E-state index contributed by atoms with van der Waals surface area (Å²) < 4.78 is 39.9. The van der Waals surface area contributed by atoms with Crippen molar-refractivity contribution >= 4 is 11.8 Å². The number of amides is 2. The Morgan fingerprint density at radius 2 is 1.89 bits per heavy atom. The van der Waals surface area contributed by atoms with Gasteiger partial charge in [0.2, 0.25) is 11.8 Å². The minimum atomic E-state index is -4.46. The molecular weight excluding hydrogens is 371 g/mol. The smallest absolute Gasteiger partial charge is 0.353 e. The molecule has 0 aromatic heterocycles. The van der Waals surface area contributed by atoms with Crippen LogP contribution in [0.2, 0.25) is 0 Å². The molecule has 0 radical (unpaired) electrons. The Balaban J connectivity index is 1.69. The Bertz CT molecular complexity index is 702. The van der Waals surface area contributed by atoms with E-state index in [0.717, 1.165) is 31.7 Å². The van der Waals surface area contributed by atoms with Gasteiger partial charge in [-0.05, 0) is 24.5 Å². The molecule has 28 heavy (non-hydrogen) atoms. The number of rotatable bonds is 5. The number of alkyl halides is 3. The molecule has 1 aromatic rings. The van der Waals surface area contributed by atoms with E-state index in [0.29, 0.717) is 13.1 Å². The number of carbonyl (C=O) groups is 2. The first-order chi connectivity index (χ1) is 13.3. The topological polar surface area (TPSA) is 61.4 Å². The largest absolute Gasteiger partial charge is 0.416 e. The van der Waals surface area contributed by atoms with Crippen LogP contribution >= 0.6 is 0 Å². The number of hydrogen-bond acceptors (Lipinski definition) is 3. The summed E-state index contributed by atoms with van der Waals surface area (Å²) >= 11 is 0. The zero-order valence-electron chi connectivity index (χ0n) is 15.7. The lowest BCUT2D eigenvalue weighted by Crippen LogP contribution is -2.56. The second-order valence-corrected chi connectivity index (χ2v) is 7.54. The lowest BCUT2D eigenvalue weighted by Gasteiger charge is -2.35. The van der Waals surface area contributed by atoms with E-state index in [1.54, 1.807) is 11.0 Å². The van der Waals surface area contributed by atoms with Crippen LogP contribution in [0.5, 0.6) is 0 Å². The molecule has 1 saturated carbocycles. The van der Waals surface area contributed by atoms with E-state index in [9.17, 15) is 22.8 Å². The van der Waals surface area contributed by atoms with Crippen molar-refractivity contribution in [3.8, 4) is 0 Å². The van der Waals surface area contributed by atoms with Gasteiger partial charge in [-0.1, -0.05) is 37.5 Å². The second kappa shape index (κ2) is 8.94. The fourth-order valence-electron chi connectivity index (χ4n) is 4.04. The lowest BCUT2D eigenvalue weighted by atomic mass is 9.95. The Labute approximate surface area is 162 Å². The van der Waals surface area contributed by atoms with E-state index >= 15 is 0 Å². The van der Waals surface area contributed by atoms with Crippen LogP contribution in [0.25, 0.3) is 0 Å². The quantitative estimate of drug-likeness (QED) is 0.803. The van der Waals surface area contributed by atoms with Gasteiger partial charge in [0.15, 0.2) is 0 Å². The van der Waals surface area contributed by atoms with Crippen LogP contribution in [0, 0.1) is 0 Å². The van der Waals surface area contributed by atoms with Crippen molar-refractivity contribution in [2.24, 2.45) is 0 Å². The van der Waals surface area contributed by atoms with Crippen molar-refractivity contribution in [1.82, 2.24) is 15.5 Å². The average molecular weight is 397 g/mol. The maximum atomic E-state index is 13.3. The molecule has 1 heterocycles. The van der Waals surface area contributed by atoms with Crippen molar-refractivity contribution < 1.29 is 22.8 Å². The van der Waals surface area contributed by atoms with Crippen LogP contribution in [0.4, 0.5) is 13.2 Å². The Kier molecular flexibility index (Phi) is 6.59. The number of benzene rings is 1. The van der Waals surface area contributed by atoms with Crippen LogP contribution in [0.1, 0.15) is 49.7 Å². The van der Waals surface area contributed by atoms with Crippen LogP contribution in [0.15, 0.2) is 24.3 Å². The third kappa shape index (κ3) is 5.25. The van der Waals surface area contributed by atoms with Gasteiger partial charge in [-0.15, -0.1) is 0 Å². The Hall–Kier alpha value is -2.09. The van der Waals surface area contributed by atoms with Crippen LogP contribution in [-0.4, -0.2) is 41.9 Å². The van der Waals surface area contributed by atoms with Crippen LogP contribution in [0.3, 0.4) is 0 Å². The van der Waals surface area contributed by atoms with Crippen LogP contribution in [-0.2, 0) is 22.3 Å². The van der Waals surface area contributed by atoms with E-state index in [1.165, 1.54) is 18.6 Å². The van der Waals surface area contributed by atoms with E-state index in [4.69, 9.17) is 0 Å². The second-order valence-electron chi connectivity index (χ2n) is 7.54. The lowest BCUT2D eigenvalue weighted by molar-refractivity contribution is -0.139. The first-order valence-corrected chi connectivity index (χ1v) is 9.81. The summed E-state index contributed by atoms with van der Waals surface area (Å²) in [6.07, 6.45) is 0.698. The van der Waals surface area contributed by atoms with Crippen molar-refractivity contribution in [2.75, 3.05) is 13.1 Å². The van der Waals surface area contributed by atoms with Gasteiger partial charge in [-0.3, -0.25) is 14.5 Å². The highest BCUT2D eigenvalue weighted by Crippen LogP contribution is 2.32. The van der Waals surface area contributed by atoms with Crippen molar-refractivity contribution in [1.29, 1.82) is 0 Å². The highest BCUT2D eigenvalue weighted by molar-refractivity contribution is 5.88. The number of nitrogens with zero attached hydrogens (tertiary/aromatic N) is 1. The molecule has 3 rings (SSSR count). The fraction of sp³-hybridized carbons (Fsp3) is 0.600. The molecule has 1 saturated heterocycles. The summed E-state index contributed by atoms with van der Waals surface area (Å²) in [4.78, 5) is 26.5. The number of hydrogen-bond donors (Lipinski definition) is 2. The van der Waals surface area contributed by atoms with Crippen molar-refractivity contribution in [3.63, 3.8) is 0 Å². The van der Waals surface area contributed by atoms with Gasteiger partial charge in [0.1, 0.15) is 0 Å². The molecule has 1 atom stereocenters. The minimum Gasteiger partial charge on any atom is -0.353 e. The molecule has 1 aliphatic heterocycles. The molecule has 2 N–H and O–H groups in total. The normalized spacial score (nSPS) is 22.0. The van der Waals surface area contributed by atoms with E-state index in [1.807, 2.05) is 0 Å². The van der Waals surface area contributed by atoms with Gasteiger partial charge in [-0.25, -0.2) is 0 Å². The Morgan fingerprint density at radius 3 is 2.61 bits per heavy atom. The molecule has 8 heteroatoms. The predicted molar refractivity (Wildman–Crippen MR) is 98.3 cm³/mol. The summed E-state index contributed by atoms with van der Waals surface area (Å²) in [6, 6.07) is 4.74. The summed E-state index contributed by atoms with van der Waals surface area (Å²) in [6.45, 7) is 0.734. The molecule has 1 aromatic carbocycles. The van der Waals surface area contributed by atoms with Gasteiger partial charge in [0, 0.05) is 25.7 Å². The molecule has 5 nitrogen and oxygen atoms in total. The minimum absolute atomic E-state index is 0.0233. The first-order valence-electron chi connectivity index (χ1n) is 9.81. The molecule has 2 aliphatic rings. The molecule has 1 aliphatic carbocycles. The fourth-order valence-corrected chi connectivity index (χ4v) is 4.04. The Morgan fingerprint density at radius 1 is 1.18 bits per heavy atom. The summed E-state index contributed by atoms with van der Waals surface area (Å²) in [7, 11) is 0. The zero-order chi connectivity index (χ0) is 20.1. The molecule has 154 valence electrons. The molecule has 2 fully saturated rings. The number of halogens is 3. The summed E-state index contributed by atoms with van der Waals surface area (Å²) in [5, 5.41) is 5.70. The number of carbonyl (C=O) groups excluding carboxylic acids is 2. The molecule has 0 unspecified atom stereocenters. The maximum absolute atomic E-state index is 13.3. The van der Waals surface area contributed by atoms with Crippen molar-refractivity contribution in [2.45, 2.75) is 63.3 Å². The summed E-state index contributed by atoms with van der Waals surface area (Å²) in [5.41, 5.74) is -0.589. The van der Waals surface area contributed by atoms with Crippen LogP contribution < -0.4 is 10.6 Å². The predicted octanol–water partition coefficient (Wildman–Crippen LogP) is 2.84. The van der Waals surface area contributed by atoms with Gasteiger partial charge in [0.05, 0.1) is 18.0 Å². The number of piperazine rings is 1. The first kappa shape index (κ1) is 20.6. The molecular formula is C20H26F3N3O2. The van der Waals surface area contributed by atoms with E-state index < -0.39 is 17.8 Å². The average Bonchev–Trinajstić information content (AvgIpc) is 2.65. The molecule has 2 amide bonds. The maximum Gasteiger partial charge on any atom is 0.416 e. The van der Waals surface area contributed by atoms with E-state index in [-0.39, 0.29) is 36.4 Å². The summed E-state index contributed by atoms with van der Waals surface area (Å²) in [5.74, 6) is -0.530. The zero-order valence-corrected chi connectivity index (χ0v) is 15.7. The van der Waals surface area contributed by atoms with Gasteiger partial charge in [-0.2, -0.15) is 13.2 Å². The highest BCUT2D eigenvalue weighted by Gasteiger charge is 2.36. The van der Waals surface area contributed by atoms with Gasteiger partial charge >= 0.3 is 6.18 Å². The monoisotopic (exact) mass is 397 g/mol. The molecule has 0 spiro atoms.